The first-order valence-corrected chi connectivity index (χ1v) is 26.3. The van der Waals surface area contributed by atoms with Crippen molar-refractivity contribution in [1.29, 1.82) is 0 Å². The van der Waals surface area contributed by atoms with Crippen molar-refractivity contribution in [3.05, 3.63) is 83.2 Å². The van der Waals surface area contributed by atoms with Gasteiger partial charge in [0.2, 0.25) is 0 Å². The molecule has 4 aromatic rings. The minimum Gasteiger partial charge on any atom is -0.477 e. The number of aromatic carboxylic acids is 1. The van der Waals surface area contributed by atoms with Crippen LogP contribution in [0.5, 0.6) is 0 Å². The number of carbonyl (C=O) groups is 4. The lowest BCUT2D eigenvalue weighted by Gasteiger charge is -2.36. The summed E-state index contributed by atoms with van der Waals surface area (Å²) in [7, 11) is 0. The number of carbonyl (C=O) groups excluding carboxylic acids is 3. The standard InChI is InChI=1S/C27H32F3N5O4.C24H27F3N4O4.C3H7NO.ClH/c1-17-2-3-20(31-26(38)34-5-4-18(14-34)13-27(28,29)30)12-22(17)19-10-23(25(37)35-15-21(36)16-35)32-24(11-19)33-6-8-39-9-7-33;1-15-2-3-18(28-23(34)31-5-4-16(14-31)13-24(25,26)27)12-19(15)17-10-20(22(32)33)29-21(11-17)30-6-8-35-9-7-30;5-3-1-4-2-3;/h2-3,10-12,18,21,36H,4-9,13-16H2,1H3,(H,31,38);2-3,10-12,16H,4-9,13-14H2,1H3,(H,28,34)(H,32,33);3-5H,1-2H2;1H/t18-;16-;;/m00../s1. The third kappa shape index (κ3) is 16.8. The molecule has 2 aromatic carbocycles. The summed E-state index contributed by atoms with van der Waals surface area (Å²) in [5.41, 5.74) is 5.82. The number of nitrogens with zero attached hydrogens (tertiary/aromatic N) is 7. The number of hydrogen-bond donors (Lipinski definition) is 6. The molecule has 6 fully saturated rings. The Balaban J connectivity index is 0.000000211. The molecular weight excluding hydrogens is 1080 g/mol. The van der Waals surface area contributed by atoms with Crippen LogP contribution in [0.25, 0.3) is 22.3 Å². The van der Waals surface area contributed by atoms with E-state index < -0.39 is 61.2 Å². The molecule has 80 heavy (non-hydrogen) atoms. The number of amides is 5. The first-order chi connectivity index (χ1) is 37.5. The maximum absolute atomic E-state index is 13.1. The van der Waals surface area contributed by atoms with E-state index in [0.717, 1.165) is 40.9 Å². The molecular formula is C54H67ClF6N10O9. The molecule has 0 bridgehead atoms. The number of aromatic nitrogens is 2. The number of benzene rings is 2. The Morgan fingerprint density at radius 2 is 1.01 bits per heavy atom. The summed E-state index contributed by atoms with van der Waals surface area (Å²) >= 11 is 0. The molecule has 0 spiro atoms. The normalized spacial score (nSPS) is 19.6. The average molecular weight is 1150 g/mol. The third-order valence-electron chi connectivity index (χ3n) is 14.4. The van der Waals surface area contributed by atoms with Gasteiger partial charge in [-0.05, 0) is 120 Å². The Morgan fingerprint density at radius 3 is 1.39 bits per heavy atom. The lowest BCUT2D eigenvalue weighted by Crippen LogP contribution is -2.53. The van der Waals surface area contributed by atoms with Crippen molar-refractivity contribution >= 4 is 59.4 Å². The number of anilines is 4. The van der Waals surface area contributed by atoms with Crippen LogP contribution in [0.3, 0.4) is 0 Å². The van der Waals surface area contributed by atoms with Crippen LogP contribution in [0, 0.1) is 25.7 Å². The molecule has 6 aliphatic heterocycles. The van der Waals surface area contributed by atoms with Gasteiger partial charge in [-0.1, -0.05) is 12.1 Å². The van der Waals surface area contributed by atoms with Crippen LogP contribution in [-0.4, -0.2) is 193 Å². The summed E-state index contributed by atoms with van der Waals surface area (Å²) in [6, 6.07) is 16.7. The smallest absolute Gasteiger partial charge is 0.389 e. The van der Waals surface area contributed by atoms with E-state index in [1.54, 1.807) is 41.3 Å². The second-order valence-electron chi connectivity index (χ2n) is 20.6. The minimum absolute atomic E-state index is 0. The van der Waals surface area contributed by atoms with Gasteiger partial charge in [-0.25, -0.2) is 24.4 Å². The second-order valence-corrected chi connectivity index (χ2v) is 20.6. The van der Waals surface area contributed by atoms with Crippen LogP contribution in [0.4, 0.5) is 58.9 Å². The van der Waals surface area contributed by atoms with Gasteiger partial charge in [0.05, 0.1) is 38.6 Å². The number of β-amino-alcohol motifs (C(OH)–C–C–N with tert-alkyl or cyclic N) is 2. The summed E-state index contributed by atoms with van der Waals surface area (Å²) in [4.78, 5) is 67.7. The van der Waals surface area contributed by atoms with Crippen molar-refractivity contribution < 1.29 is 70.3 Å². The van der Waals surface area contributed by atoms with Crippen LogP contribution in [0.1, 0.15) is 57.8 Å². The molecule has 10 rings (SSSR count). The largest absolute Gasteiger partial charge is 0.477 e. The number of aliphatic hydroxyl groups is 2. The molecule has 19 nitrogen and oxygen atoms in total. The van der Waals surface area contributed by atoms with Gasteiger partial charge >= 0.3 is 30.4 Å². The summed E-state index contributed by atoms with van der Waals surface area (Å²) in [6.07, 6.45) is -10.2. The highest BCUT2D eigenvalue weighted by atomic mass is 35.5. The molecule has 0 saturated carbocycles. The molecule has 6 N–H and O–H groups in total. The minimum atomic E-state index is -4.25. The fraction of sp³-hybridized carbons (Fsp3) is 0.519. The molecule has 436 valence electrons. The predicted molar refractivity (Wildman–Crippen MR) is 289 cm³/mol. The van der Waals surface area contributed by atoms with Crippen molar-refractivity contribution in [2.75, 3.05) is 125 Å². The van der Waals surface area contributed by atoms with E-state index >= 15 is 0 Å². The second kappa shape index (κ2) is 26.8. The number of ether oxygens (including phenoxy) is 2. The van der Waals surface area contributed by atoms with E-state index in [4.69, 9.17) is 14.6 Å². The van der Waals surface area contributed by atoms with E-state index in [9.17, 15) is 55.7 Å². The number of hydrogen-bond acceptors (Lipinski definition) is 13. The molecule has 2 aromatic heterocycles. The number of aryl methyl sites for hydroxylation is 2. The number of urea groups is 2. The van der Waals surface area contributed by atoms with E-state index in [1.807, 2.05) is 36.9 Å². The first-order valence-electron chi connectivity index (χ1n) is 26.3. The van der Waals surface area contributed by atoms with Crippen molar-refractivity contribution in [3.63, 3.8) is 0 Å². The van der Waals surface area contributed by atoms with Crippen LogP contribution >= 0.6 is 12.4 Å². The molecule has 0 radical (unpaired) electrons. The Kier molecular flexibility index (Phi) is 20.5. The van der Waals surface area contributed by atoms with Gasteiger partial charge < -0.3 is 65.2 Å². The number of carboxylic acid groups (broad SMARTS) is 1. The summed E-state index contributed by atoms with van der Waals surface area (Å²) in [6.45, 7) is 11.2. The Hall–Kier alpha value is -6.51. The number of aliphatic hydroxyl groups excluding tert-OH is 2. The zero-order valence-corrected chi connectivity index (χ0v) is 45.1. The molecule has 26 heteroatoms. The highest BCUT2D eigenvalue weighted by molar-refractivity contribution is 5.96. The lowest BCUT2D eigenvalue weighted by molar-refractivity contribution is -0.144. The number of alkyl halides is 6. The SMILES string of the molecule is Cc1ccc(NC(=O)N2CC[C@@H](CC(F)(F)F)C2)cc1-c1cc(C(=O)N2CC(O)C2)nc(N2CCOCC2)c1.Cc1ccc(NC(=O)N2CC[C@@H](CC(F)(F)F)C2)cc1-c1cc(C(=O)O)nc(N2CCOCC2)c1.Cl.OC1CNC1. The number of rotatable bonds is 10. The van der Waals surface area contributed by atoms with Crippen LogP contribution < -0.4 is 25.8 Å². The third-order valence-corrected chi connectivity index (χ3v) is 14.4. The van der Waals surface area contributed by atoms with E-state index in [2.05, 4.69) is 30.8 Å². The van der Waals surface area contributed by atoms with Gasteiger partial charge in [-0.15, -0.1) is 12.4 Å². The first kappa shape index (κ1) is 61.1. The fourth-order valence-electron chi connectivity index (χ4n) is 9.98. The van der Waals surface area contributed by atoms with E-state index in [-0.39, 0.29) is 75.1 Å². The Labute approximate surface area is 465 Å². The predicted octanol–water partition coefficient (Wildman–Crippen LogP) is 7.29. The molecule has 8 heterocycles. The van der Waals surface area contributed by atoms with Gasteiger partial charge in [0.1, 0.15) is 17.3 Å². The fourth-order valence-corrected chi connectivity index (χ4v) is 9.98. The van der Waals surface area contributed by atoms with Crippen molar-refractivity contribution in [3.8, 4) is 22.3 Å². The van der Waals surface area contributed by atoms with Gasteiger partial charge in [0.15, 0.2) is 5.69 Å². The van der Waals surface area contributed by atoms with Crippen LogP contribution in [0.15, 0.2) is 60.7 Å². The van der Waals surface area contributed by atoms with Crippen LogP contribution in [0.2, 0.25) is 0 Å². The Morgan fingerprint density at radius 1 is 0.600 bits per heavy atom. The van der Waals surface area contributed by atoms with Gasteiger partial charge in [-0.3, -0.25) is 4.79 Å². The van der Waals surface area contributed by atoms with Crippen molar-refractivity contribution in [1.82, 2.24) is 30.0 Å². The number of halogens is 7. The number of likely N-dealkylation sites (tertiary alicyclic amines) is 3. The van der Waals surface area contributed by atoms with Crippen molar-refractivity contribution in [2.24, 2.45) is 11.8 Å². The highest BCUT2D eigenvalue weighted by Gasteiger charge is 2.38. The topological polar surface area (TPSA) is 225 Å². The zero-order valence-electron chi connectivity index (χ0n) is 44.3. The average Bonchev–Trinajstić information content (AvgIpc) is 4.07. The van der Waals surface area contributed by atoms with Crippen LogP contribution in [-0.2, 0) is 9.47 Å². The Bertz CT molecular complexity index is 2810. The summed E-state index contributed by atoms with van der Waals surface area (Å²) in [5, 5.41) is 36.1. The molecule has 6 saturated heterocycles. The quantitative estimate of drug-likeness (QED) is 0.0859. The number of pyridine rings is 2. The van der Waals surface area contributed by atoms with Gasteiger partial charge in [0, 0.05) is 103 Å². The number of carboxylic acids is 1. The zero-order chi connectivity index (χ0) is 56.6. The van der Waals surface area contributed by atoms with E-state index in [1.165, 1.54) is 15.9 Å². The molecule has 0 aliphatic carbocycles. The maximum atomic E-state index is 13.1. The molecule has 6 aliphatic rings. The highest BCUT2D eigenvalue weighted by Crippen LogP contribution is 2.35. The monoisotopic (exact) mass is 1150 g/mol. The molecule has 2 atom stereocenters. The van der Waals surface area contributed by atoms with Gasteiger partial charge in [-0.2, -0.15) is 26.3 Å². The summed E-state index contributed by atoms with van der Waals surface area (Å²) < 4.78 is 87.2. The molecule has 5 amide bonds. The number of nitrogens with one attached hydrogen (secondary N) is 3. The maximum Gasteiger partial charge on any atom is 0.389 e. The van der Waals surface area contributed by atoms with E-state index in [0.29, 0.717) is 94.0 Å². The molecule has 0 unspecified atom stereocenters. The van der Waals surface area contributed by atoms with Gasteiger partial charge in [0.25, 0.3) is 5.91 Å². The number of morpholine rings is 2. The lowest BCUT2D eigenvalue weighted by atomic mass is 9.99. The van der Waals surface area contributed by atoms with Crippen molar-refractivity contribution in [2.45, 2.75) is 64.1 Å². The summed E-state index contributed by atoms with van der Waals surface area (Å²) in [5.74, 6) is -1.43.